The second-order valence-corrected chi connectivity index (χ2v) is 7.00. The number of aromatic nitrogens is 1. The van der Waals surface area contributed by atoms with E-state index in [9.17, 15) is 4.79 Å². The molecule has 0 fully saturated rings. The predicted molar refractivity (Wildman–Crippen MR) is 96.5 cm³/mol. The number of esters is 1. The van der Waals surface area contributed by atoms with Gasteiger partial charge >= 0.3 is 5.97 Å². The largest absolute Gasteiger partial charge is 0.497 e. The van der Waals surface area contributed by atoms with Gasteiger partial charge in [0.05, 0.1) is 24.6 Å². The molecule has 0 N–H and O–H groups in total. The van der Waals surface area contributed by atoms with Gasteiger partial charge in [-0.1, -0.05) is 0 Å². The average Bonchev–Trinajstić information content (AvgIpc) is 2.53. The summed E-state index contributed by atoms with van der Waals surface area (Å²) in [6.45, 7) is 7.38. The first-order chi connectivity index (χ1) is 11.7. The van der Waals surface area contributed by atoms with Crippen molar-refractivity contribution in [2.45, 2.75) is 52.1 Å². The minimum Gasteiger partial charge on any atom is -0.497 e. The minimum atomic E-state index is -0.576. The smallest absolute Gasteiger partial charge is 0.314 e. The van der Waals surface area contributed by atoms with E-state index in [1.807, 2.05) is 52.0 Å². The third kappa shape index (κ3) is 4.69. The van der Waals surface area contributed by atoms with Crippen molar-refractivity contribution < 1.29 is 14.3 Å². The molecule has 1 heterocycles. The highest BCUT2D eigenvalue weighted by atomic mass is 16.6. The van der Waals surface area contributed by atoms with Gasteiger partial charge < -0.3 is 9.47 Å². The summed E-state index contributed by atoms with van der Waals surface area (Å²) >= 11 is 0. The van der Waals surface area contributed by atoms with Gasteiger partial charge in [-0.05, 0) is 57.9 Å². The van der Waals surface area contributed by atoms with E-state index in [1.54, 1.807) is 7.11 Å². The van der Waals surface area contributed by atoms with Crippen molar-refractivity contribution in [2.24, 2.45) is 0 Å². The Hall–Kier alpha value is -2.61. The molecule has 5 heteroatoms. The van der Waals surface area contributed by atoms with E-state index in [0.717, 1.165) is 27.9 Å². The van der Waals surface area contributed by atoms with Crippen LogP contribution in [0.5, 0.6) is 5.75 Å². The minimum absolute atomic E-state index is 0.282. The molecule has 0 aliphatic rings. The lowest BCUT2D eigenvalue weighted by molar-refractivity contribution is -0.156. The summed E-state index contributed by atoms with van der Waals surface area (Å²) in [6, 6.07) is 9.72. The van der Waals surface area contributed by atoms with Gasteiger partial charge in [-0.25, -0.2) is 0 Å². The van der Waals surface area contributed by atoms with Crippen LogP contribution in [0, 0.1) is 18.3 Å². The number of pyridine rings is 1. The van der Waals surface area contributed by atoms with Crippen LogP contribution in [-0.2, 0) is 9.53 Å². The molecule has 0 aliphatic carbocycles. The van der Waals surface area contributed by atoms with E-state index in [-0.39, 0.29) is 12.4 Å². The Morgan fingerprint density at radius 3 is 2.64 bits per heavy atom. The summed E-state index contributed by atoms with van der Waals surface area (Å²) in [5, 5.41) is 9.87. The van der Waals surface area contributed by atoms with Crippen LogP contribution in [0.3, 0.4) is 0 Å². The number of carbonyl (C=O) groups is 1. The van der Waals surface area contributed by atoms with Crippen LogP contribution < -0.4 is 4.74 Å². The Kier molecular flexibility index (Phi) is 5.63. The average molecular weight is 340 g/mol. The van der Waals surface area contributed by atoms with Crippen molar-refractivity contribution in [1.29, 1.82) is 5.26 Å². The molecule has 1 aromatic heterocycles. The Bertz CT molecular complexity index is 816. The van der Waals surface area contributed by atoms with Crippen LogP contribution in [-0.4, -0.2) is 23.7 Å². The molecule has 1 aromatic carbocycles. The molecule has 1 atom stereocenters. The van der Waals surface area contributed by atoms with E-state index in [4.69, 9.17) is 14.7 Å². The number of ether oxygens (including phenoxy) is 2. The quantitative estimate of drug-likeness (QED) is 0.760. The van der Waals surface area contributed by atoms with Gasteiger partial charge in [0.1, 0.15) is 11.4 Å². The van der Waals surface area contributed by atoms with E-state index >= 15 is 0 Å². The molecule has 0 spiro atoms. The predicted octanol–water partition coefficient (Wildman–Crippen LogP) is 4.28. The molecule has 0 aliphatic heterocycles. The van der Waals surface area contributed by atoms with Crippen LogP contribution in [0.1, 0.15) is 50.8 Å². The number of hydrogen-bond donors (Lipinski definition) is 0. The molecular weight excluding hydrogens is 316 g/mol. The molecule has 2 aromatic rings. The molecule has 25 heavy (non-hydrogen) atoms. The van der Waals surface area contributed by atoms with Crippen LogP contribution in [0.2, 0.25) is 0 Å². The van der Waals surface area contributed by atoms with E-state index < -0.39 is 11.5 Å². The monoisotopic (exact) mass is 340 g/mol. The first-order valence-corrected chi connectivity index (χ1v) is 8.30. The molecule has 0 amide bonds. The molecular formula is C20H24N2O3. The van der Waals surface area contributed by atoms with Gasteiger partial charge in [0.15, 0.2) is 0 Å². The maximum Gasteiger partial charge on any atom is 0.314 e. The standard InChI is InChI=1S/C20H24N2O3/c1-13-17(11-14-8-9-15(24-5)12-18(14)22-13)16(7-6-10-21)19(23)25-20(2,3)4/h8-9,11-12,16H,6-7H2,1-5H3. The summed E-state index contributed by atoms with van der Waals surface area (Å²) in [4.78, 5) is 17.3. The van der Waals surface area contributed by atoms with Crippen molar-refractivity contribution in [3.05, 3.63) is 35.5 Å². The second kappa shape index (κ2) is 7.52. The zero-order valence-corrected chi connectivity index (χ0v) is 15.4. The topological polar surface area (TPSA) is 72.2 Å². The molecule has 0 radical (unpaired) electrons. The molecule has 0 saturated carbocycles. The summed E-state index contributed by atoms with van der Waals surface area (Å²) in [7, 11) is 1.61. The molecule has 2 rings (SSSR count). The zero-order chi connectivity index (χ0) is 18.6. The van der Waals surface area contributed by atoms with Gasteiger partial charge in [-0.3, -0.25) is 9.78 Å². The normalized spacial score (nSPS) is 12.5. The highest BCUT2D eigenvalue weighted by molar-refractivity contribution is 5.84. The Morgan fingerprint density at radius 2 is 2.04 bits per heavy atom. The van der Waals surface area contributed by atoms with Crippen molar-refractivity contribution in [3.8, 4) is 11.8 Å². The lowest BCUT2D eigenvalue weighted by Gasteiger charge is -2.24. The molecule has 0 saturated heterocycles. The van der Waals surface area contributed by atoms with Gasteiger partial charge in [-0.15, -0.1) is 0 Å². The third-order valence-electron chi connectivity index (χ3n) is 3.87. The Labute approximate surface area is 148 Å². The van der Waals surface area contributed by atoms with Crippen LogP contribution >= 0.6 is 0 Å². The number of nitriles is 1. The lowest BCUT2D eigenvalue weighted by Crippen LogP contribution is -2.28. The van der Waals surface area contributed by atoms with E-state index in [2.05, 4.69) is 11.1 Å². The van der Waals surface area contributed by atoms with Crippen molar-refractivity contribution in [1.82, 2.24) is 4.98 Å². The fourth-order valence-electron chi connectivity index (χ4n) is 2.72. The summed E-state index contributed by atoms with van der Waals surface area (Å²) in [5.74, 6) is -0.0845. The van der Waals surface area contributed by atoms with Gasteiger partial charge in [0.25, 0.3) is 0 Å². The van der Waals surface area contributed by atoms with Crippen LogP contribution in [0.25, 0.3) is 10.9 Å². The second-order valence-electron chi connectivity index (χ2n) is 7.00. The Balaban J connectivity index is 2.47. The number of nitrogens with zero attached hydrogens (tertiary/aromatic N) is 2. The number of rotatable bonds is 5. The summed E-state index contributed by atoms with van der Waals surface area (Å²) < 4.78 is 10.8. The molecule has 0 bridgehead atoms. The maximum atomic E-state index is 12.7. The van der Waals surface area contributed by atoms with Crippen LogP contribution in [0.4, 0.5) is 0 Å². The van der Waals surface area contributed by atoms with Crippen molar-refractivity contribution >= 4 is 16.9 Å². The van der Waals surface area contributed by atoms with Crippen LogP contribution in [0.15, 0.2) is 24.3 Å². The number of methoxy groups -OCH3 is 1. The first kappa shape index (κ1) is 18.7. The van der Waals surface area contributed by atoms with Gasteiger partial charge in [0, 0.05) is 23.6 Å². The molecule has 5 nitrogen and oxygen atoms in total. The molecule has 1 unspecified atom stereocenters. The SMILES string of the molecule is COc1ccc2cc(C(CCC#N)C(=O)OC(C)(C)C)c(C)nc2c1. The van der Waals surface area contributed by atoms with Crippen molar-refractivity contribution in [2.75, 3.05) is 7.11 Å². The zero-order valence-electron chi connectivity index (χ0n) is 15.4. The van der Waals surface area contributed by atoms with Crippen molar-refractivity contribution in [3.63, 3.8) is 0 Å². The fraction of sp³-hybridized carbons (Fsp3) is 0.450. The number of benzene rings is 1. The van der Waals surface area contributed by atoms with E-state index in [1.165, 1.54) is 0 Å². The molecule has 132 valence electrons. The highest BCUT2D eigenvalue weighted by Gasteiger charge is 2.28. The maximum absolute atomic E-state index is 12.7. The van der Waals surface area contributed by atoms with E-state index in [0.29, 0.717) is 6.42 Å². The Morgan fingerprint density at radius 1 is 1.32 bits per heavy atom. The third-order valence-corrected chi connectivity index (χ3v) is 3.87. The number of fused-ring (bicyclic) bond motifs is 1. The summed E-state index contributed by atoms with van der Waals surface area (Å²) in [6.07, 6.45) is 0.694. The van der Waals surface area contributed by atoms with Gasteiger partial charge in [0.2, 0.25) is 0 Å². The highest BCUT2D eigenvalue weighted by Crippen LogP contribution is 2.30. The summed E-state index contributed by atoms with van der Waals surface area (Å²) in [5.41, 5.74) is 1.80. The lowest BCUT2D eigenvalue weighted by atomic mass is 9.92. The number of hydrogen-bond acceptors (Lipinski definition) is 5. The fourth-order valence-corrected chi connectivity index (χ4v) is 2.72. The van der Waals surface area contributed by atoms with Gasteiger partial charge in [-0.2, -0.15) is 5.26 Å². The number of carbonyl (C=O) groups excluding carboxylic acids is 1. The first-order valence-electron chi connectivity index (χ1n) is 8.30. The number of aryl methyl sites for hydroxylation is 1.